The number of aromatic nitrogens is 2. The number of aromatic amines is 1. The van der Waals surface area contributed by atoms with Crippen molar-refractivity contribution in [3.05, 3.63) is 22.2 Å². The Morgan fingerprint density at radius 3 is 2.78 bits per heavy atom. The highest BCUT2D eigenvalue weighted by Crippen LogP contribution is 2.27. The zero-order valence-corrected chi connectivity index (χ0v) is 11.3. The van der Waals surface area contributed by atoms with Crippen LogP contribution in [0.15, 0.2) is 10.9 Å². The van der Waals surface area contributed by atoms with Crippen LogP contribution in [-0.2, 0) is 0 Å². The van der Waals surface area contributed by atoms with Crippen LogP contribution >= 0.6 is 0 Å². The van der Waals surface area contributed by atoms with Crippen molar-refractivity contribution in [2.24, 2.45) is 11.7 Å². The van der Waals surface area contributed by atoms with Crippen molar-refractivity contribution >= 4 is 5.82 Å². The van der Waals surface area contributed by atoms with Crippen LogP contribution in [0, 0.1) is 5.92 Å². The van der Waals surface area contributed by atoms with Gasteiger partial charge >= 0.3 is 0 Å². The first-order chi connectivity index (χ1) is 8.45. The van der Waals surface area contributed by atoms with Gasteiger partial charge in [0.15, 0.2) is 0 Å². The van der Waals surface area contributed by atoms with Crippen LogP contribution in [-0.4, -0.2) is 29.6 Å². The third kappa shape index (κ3) is 2.90. The van der Waals surface area contributed by atoms with Crippen molar-refractivity contribution in [1.82, 2.24) is 9.97 Å². The minimum atomic E-state index is -0.0825. The maximum Gasteiger partial charge on any atom is 0.252 e. The number of hydrogen-bond donors (Lipinski definition) is 2. The molecule has 1 aromatic rings. The van der Waals surface area contributed by atoms with Gasteiger partial charge in [0.1, 0.15) is 11.6 Å². The van der Waals surface area contributed by atoms with Gasteiger partial charge in [-0.1, -0.05) is 13.8 Å². The molecule has 1 aliphatic carbocycles. The maximum atomic E-state index is 11.6. The lowest BCUT2D eigenvalue weighted by Gasteiger charge is -2.35. The van der Waals surface area contributed by atoms with Gasteiger partial charge in [0.25, 0.3) is 5.56 Å². The second kappa shape index (κ2) is 5.10. The fourth-order valence-corrected chi connectivity index (χ4v) is 2.35. The average molecular weight is 250 g/mol. The highest BCUT2D eigenvalue weighted by Gasteiger charge is 2.27. The Labute approximate surface area is 107 Å². The third-order valence-corrected chi connectivity index (χ3v) is 3.49. The molecular weight excluding hydrogens is 228 g/mol. The topological polar surface area (TPSA) is 75.0 Å². The fraction of sp³-hybridized carbons (Fsp3) is 0.692. The molecule has 1 saturated carbocycles. The second-order valence-corrected chi connectivity index (χ2v) is 5.62. The summed E-state index contributed by atoms with van der Waals surface area (Å²) in [7, 11) is 1.98. The largest absolute Gasteiger partial charge is 0.359 e. The Balaban J connectivity index is 2.09. The van der Waals surface area contributed by atoms with Crippen molar-refractivity contribution in [2.45, 2.75) is 38.6 Å². The molecule has 0 amide bonds. The molecule has 0 aromatic carbocycles. The van der Waals surface area contributed by atoms with Crippen molar-refractivity contribution in [2.75, 3.05) is 18.5 Å². The number of H-pyrrole nitrogens is 1. The summed E-state index contributed by atoms with van der Waals surface area (Å²) >= 11 is 0. The zero-order chi connectivity index (χ0) is 13.3. The molecule has 0 saturated heterocycles. The molecule has 0 radical (unpaired) electrons. The Bertz CT molecular complexity index is 462. The van der Waals surface area contributed by atoms with Gasteiger partial charge < -0.3 is 15.6 Å². The van der Waals surface area contributed by atoms with Crippen LogP contribution < -0.4 is 16.2 Å². The van der Waals surface area contributed by atoms with Crippen molar-refractivity contribution in [3.63, 3.8) is 0 Å². The first kappa shape index (κ1) is 13.1. The number of anilines is 1. The van der Waals surface area contributed by atoms with Gasteiger partial charge in [0.2, 0.25) is 0 Å². The van der Waals surface area contributed by atoms with Crippen LogP contribution in [0.5, 0.6) is 0 Å². The Kier molecular flexibility index (Phi) is 3.71. The average Bonchev–Trinajstić information content (AvgIpc) is 2.26. The van der Waals surface area contributed by atoms with Gasteiger partial charge in [0, 0.05) is 31.6 Å². The van der Waals surface area contributed by atoms with Gasteiger partial charge in [-0.2, -0.15) is 0 Å². The molecule has 1 aromatic heterocycles. The van der Waals surface area contributed by atoms with Crippen molar-refractivity contribution in [3.8, 4) is 0 Å². The van der Waals surface area contributed by atoms with Gasteiger partial charge in [-0.05, 0) is 18.8 Å². The first-order valence-corrected chi connectivity index (χ1v) is 6.53. The highest BCUT2D eigenvalue weighted by molar-refractivity contribution is 5.36. The Hall–Kier alpha value is -1.36. The summed E-state index contributed by atoms with van der Waals surface area (Å²) in [5.74, 6) is 2.36. The summed E-state index contributed by atoms with van der Waals surface area (Å²) in [6, 6.07) is 1.92. The van der Waals surface area contributed by atoms with Crippen LogP contribution in [0.25, 0.3) is 0 Å². The lowest BCUT2D eigenvalue weighted by Crippen LogP contribution is -2.42. The van der Waals surface area contributed by atoms with E-state index in [0.29, 0.717) is 12.0 Å². The van der Waals surface area contributed by atoms with E-state index >= 15 is 0 Å². The summed E-state index contributed by atoms with van der Waals surface area (Å²) in [4.78, 5) is 20.9. The number of nitrogens with one attached hydrogen (secondary N) is 1. The number of nitrogens with two attached hydrogens (primary N) is 1. The van der Waals surface area contributed by atoms with Crippen molar-refractivity contribution < 1.29 is 0 Å². The summed E-state index contributed by atoms with van der Waals surface area (Å²) in [6.45, 7) is 4.96. The van der Waals surface area contributed by atoms with Gasteiger partial charge in [-0.15, -0.1) is 0 Å². The highest BCUT2D eigenvalue weighted by atomic mass is 16.1. The molecule has 0 spiro atoms. The van der Waals surface area contributed by atoms with E-state index < -0.39 is 0 Å². The molecule has 1 aliphatic rings. The van der Waals surface area contributed by atoms with Gasteiger partial charge in [-0.25, -0.2) is 4.98 Å². The Morgan fingerprint density at radius 2 is 2.22 bits per heavy atom. The van der Waals surface area contributed by atoms with Gasteiger partial charge in [0.05, 0.1) is 0 Å². The molecule has 100 valence electrons. The van der Waals surface area contributed by atoms with Crippen LogP contribution in [0.1, 0.15) is 38.4 Å². The van der Waals surface area contributed by atoms with E-state index in [4.69, 9.17) is 5.73 Å². The summed E-state index contributed by atoms with van der Waals surface area (Å²) < 4.78 is 0. The number of hydrogen-bond acceptors (Lipinski definition) is 4. The molecule has 5 heteroatoms. The minimum Gasteiger partial charge on any atom is -0.359 e. The van der Waals surface area contributed by atoms with E-state index in [0.717, 1.165) is 31.0 Å². The molecule has 18 heavy (non-hydrogen) atoms. The molecule has 3 N–H and O–H groups in total. The molecular formula is C13H22N4O. The third-order valence-electron chi connectivity index (χ3n) is 3.49. The predicted octanol–water partition coefficient (Wildman–Crippen LogP) is 1.07. The number of rotatable bonds is 4. The lowest BCUT2D eigenvalue weighted by atomic mass is 9.80. The molecule has 0 atom stereocenters. The lowest BCUT2D eigenvalue weighted by molar-refractivity contribution is 0.270. The fourth-order valence-electron chi connectivity index (χ4n) is 2.35. The molecule has 0 aliphatic heterocycles. The molecule has 0 bridgehead atoms. The van der Waals surface area contributed by atoms with E-state index in [1.807, 2.05) is 20.9 Å². The Morgan fingerprint density at radius 1 is 1.56 bits per heavy atom. The van der Waals surface area contributed by atoms with Crippen LogP contribution in [0.3, 0.4) is 0 Å². The second-order valence-electron chi connectivity index (χ2n) is 5.62. The minimum absolute atomic E-state index is 0.0825. The standard InChI is InChI=1S/C13H22N4O/c1-8(2)13-15-11(6-12(18)16-13)17(3)7-9-4-10(14)5-9/h6,8-10H,4-5,7,14H2,1-3H3,(H,15,16,18). The van der Waals surface area contributed by atoms with E-state index in [1.165, 1.54) is 0 Å². The normalized spacial score (nSPS) is 22.9. The van der Waals surface area contributed by atoms with E-state index in [2.05, 4.69) is 14.9 Å². The van der Waals surface area contributed by atoms with Crippen molar-refractivity contribution in [1.29, 1.82) is 0 Å². The molecule has 0 unspecified atom stereocenters. The summed E-state index contributed by atoms with van der Waals surface area (Å²) in [5, 5.41) is 0. The van der Waals surface area contributed by atoms with Gasteiger partial charge in [-0.3, -0.25) is 4.79 Å². The SMILES string of the molecule is CC(C)c1nc(N(C)CC2CC(N)C2)cc(=O)[nH]1. The maximum absolute atomic E-state index is 11.6. The molecule has 2 rings (SSSR count). The monoisotopic (exact) mass is 250 g/mol. The van der Waals surface area contributed by atoms with E-state index in [-0.39, 0.29) is 11.5 Å². The van der Waals surface area contributed by atoms with E-state index in [9.17, 15) is 4.79 Å². The number of nitrogens with zero attached hydrogens (tertiary/aromatic N) is 2. The summed E-state index contributed by atoms with van der Waals surface area (Å²) in [5.41, 5.74) is 5.70. The zero-order valence-electron chi connectivity index (χ0n) is 11.3. The summed E-state index contributed by atoms with van der Waals surface area (Å²) in [6.07, 6.45) is 2.15. The molecule has 5 nitrogen and oxygen atoms in total. The molecule has 1 heterocycles. The predicted molar refractivity (Wildman–Crippen MR) is 72.9 cm³/mol. The molecule has 1 fully saturated rings. The quantitative estimate of drug-likeness (QED) is 0.838. The van der Waals surface area contributed by atoms with Crippen LogP contribution in [0.4, 0.5) is 5.82 Å². The van der Waals surface area contributed by atoms with Crippen LogP contribution in [0.2, 0.25) is 0 Å². The first-order valence-electron chi connectivity index (χ1n) is 6.53. The smallest absolute Gasteiger partial charge is 0.252 e. The van der Waals surface area contributed by atoms with E-state index in [1.54, 1.807) is 6.07 Å².